The van der Waals surface area contributed by atoms with Gasteiger partial charge in [0.1, 0.15) is 11.5 Å². The Bertz CT molecular complexity index is 786. The zero-order chi connectivity index (χ0) is 17.1. The molecule has 0 saturated heterocycles. The topological polar surface area (TPSA) is 83.1 Å². The number of carboxylic acid groups (broad SMARTS) is 1. The summed E-state index contributed by atoms with van der Waals surface area (Å²) in [5.41, 5.74) is 1.60. The van der Waals surface area contributed by atoms with Crippen molar-refractivity contribution in [1.29, 1.82) is 0 Å². The number of benzene rings is 1. The Labute approximate surface area is 146 Å². The standard InChI is InChI=1S/C17H15BrN2O4/c18-12-4-1-3-11(9-12)14-10-13(15-5-2-8-24-15)19-20(14)16(21)6-7-17(22)23/h1-5,8-9,14H,6-7,10H2,(H,22,23). The number of amides is 1. The van der Waals surface area contributed by atoms with Crippen LogP contribution in [0, 0.1) is 0 Å². The number of hydrogen-bond acceptors (Lipinski definition) is 4. The Kier molecular flexibility index (Phi) is 4.80. The molecule has 2 aromatic rings. The fourth-order valence-corrected chi connectivity index (χ4v) is 3.05. The fourth-order valence-electron chi connectivity index (χ4n) is 2.63. The van der Waals surface area contributed by atoms with E-state index in [-0.39, 0.29) is 24.8 Å². The number of carboxylic acids is 1. The molecule has 1 N–H and O–H groups in total. The summed E-state index contributed by atoms with van der Waals surface area (Å²) < 4.78 is 6.29. The molecule has 6 nitrogen and oxygen atoms in total. The van der Waals surface area contributed by atoms with Crippen molar-refractivity contribution in [2.24, 2.45) is 5.10 Å². The maximum absolute atomic E-state index is 12.4. The van der Waals surface area contributed by atoms with Crippen molar-refractivity contribution in [3.8, 4) is 0 Å². The van der Waals surface area contributed by atoms with Crippen molar-refractivity contribution >= 4 is 33.5 Å². The number of halogens is 1. The summed E-state index contributed by atoms with van der Waals surface area (Å²) in [5.74, 6) is -0.704. The first kappa shape index (κ1) is 16.4. The van der Waals surface area contributed by atoms with Crippen molar-refractivity contribution < 1.29 is 19.1 Å². The van der Waals surface area contributed by atoms with Gasteiger partial charge in [-0.15, -0.1) is 0 Å². The van der Waals surface area contributed by atoms with Crippen LogP contribution in [0.25, 0.3) is 0 Å². The average molecular weight is 391 g/mol. The lowest BCUT2D eigenvalue weighted by molar-refractivity contribution is -0.141. The number of aliphatic carboxylic acids is 1. The molecule has 1 aromatic carbocycles. The minimum atomic E-state index is -1.00. The lowest BCUT2D eigenvalue weighted by atomic mass is 10.0. The van der Waals surface area contributed by atoms with E-state index in [2.05, 4.69) is 21.0 Å². The van der Waals surface area contributed by atoms with Crippen molar-refractivity contribution in [3.05, 3.63) is 58.5 Å². The maximum Gasteiger partial charge on any atom is 0.303 e. The van der Waals surface area contributed by atoms with Crippen molar-refractivity contribution in [3.63, 3.8) is 0 Å². The van der Waals surface area contributed by atoms with Crippen LogP contribution < -0.4 is 0 Å². The molecule has 1 aliphatic heterocycles. The maximum atomic E-state index is 12.4. The van der Waals surface area contributed by atoms with Crippen molar-refractivity contribution in [1.82, 2.24) is 5.01 Å². The summed E-state index contributed by atoms with van der Waals surface area (Å²) in [6.07, 6.45) is 1.77. The largest absolute Gasteiger partial charge is 0.481 e. The normalized spacial score (nSPS) is 17.0. The number of furan rings is 1. The van der Waals surface area contributed by atoms with Gasteiger partial charge in [0.15, 0.2) is 0 Å². The van der Waals surface area contributed by atoms with Crippen molar-refractivity contribution in [2.75, 3.05) is 0 Å². The highest BCUT2D eigenvalue weighted by atomic mass is 79.9. The van der Waals surface area contributed by atoms with Gasteiger partial charge in [-0.1, -0.05) is 28.1 Å². The Hall–Kier alpha value is -2.41. The van der Waals surface area contributed by atoms with E-state index in [4.69, 9.17) is 9.52 Å². The highest BCUT2D eigenvalue weighted by molar-refractivity contribution is 9.10. The molecule has 124 valence electrons. The molecule has 3 rings (SSSR count). The van der Waals surface area contributed by atoms with Crippen molar-refractivity contribution in [2.45, 2.75) is 25.3 Å². The van der Waals surface area contributed by atoms with Gasteiger partial charge in [0.2, 0.25) is 5.91 Å². The second-order valence-electron chi connectivity index (χ2n) is 5.43. The van der Waals surface area contributed by atoms with Crippen LogP contribution in [0.5, 0.6) is 0 Å². The molecule has 0 aliphatic carbocycles. The van der Waals surface area contributed by atoms with Crippen LogP contribution in [0.1, 0.15) is 36.6 Å². The van der Waals surface area contributed by atoms with Gasteiger partial charge >= 0.3 is 5.97 Å². The van der Waals surface area contributed by atoms with Gasteiger partial charge in [0.05, 0.1) is 18.7 Å². The Morgan fingerprint density at radius 1 is 1.29 bits per heavy atom. The molecule has 0 spiro atoms. The molecule has 24 heavy (non-hydrogen) atoms. The van der Waals surface area contributed by atoms with Crippen LogP contribution in [0.15, 0.2) is 56.7 Å². The van der Waals surface area contributed by atoms with Gasteiger partial charge in [-0.25, -0.2) is 5.01 Å². The minimum absolute atomic E-state index is 0.0885. The highest BCUT2D eigenvalue weighted by Crippen LogP contribution is 2.34. The van der Waals surface area contributed by atoms with E-state index in [1.807, 2.05) is 24.3 Å². The molecule has 2 heterocycles. The van der Waals surface area contributed by atoms with Crippen LogP contribution in [0.3, 0.4) is 0 Å². The predicted octanol–water partition coefficient (Wildman–Crippen LogP) is 3.58. The second-order valence-corrected chi connectivity index (χ2v) is 6.35. The van der Waals surface area contributed by atoms with Crippen LogP contribution in [-0.4, -0.2) is 27.7 Å². The first-order valence-corrected chi connectivity index (χ1v) is 8.24. The smallest absolute Gasteiger partial charge is 0.303 e. The summed E-state index contributed by atoms with van der Waals surface area (Å²) >= 11 is 3.43. The van der Waals surface area contributed by atoms with Gasteiger partial charge in [0.25, 0.3) is 0 Å². The summed E-state index contributed by atoms with van der Waals surface area (Å²) in [5, 5.41) is 14.6. The summed E-state index contributed by atoms with van der Waals surface area (Å²) in [4.78, 5) is 23.2. The number of hydrogen-bond donors (Lipinski definition) is 1. The van der Waals surface area contributed by atoms with Crippen LogP contribution in [-0.2, 0) is 9.59 Å². The number of hydrazone groups is 1. The van der Waals surface area contributed by atoms with E-state index in [0.29, 0.717) is 17.9 Å². The van der Waals surface area contributed by atoms with Gasteiger partial charge in [-0.2, -0.15) is 5.10 Å². The molecule has 0 saturated carbocycles. The summed E-state index contributed by atoms with van der Waals surface area (Å²) in [7, 11) is 0. The molecule has 1 amide bonds. The molecular weight excluding hydrogens is 376 g/mol. The number of carbonyl (C=O) groups is 2. The third-order valence-electron chi connectivity index (χ3n) is 3.76. The lowest BCUT2D eigenvalue weighted by Gasteiger charge is -2.22. The molecule has 1 aromatic heterocycles. The van der Waals surface area contributed by atoms with E-state index in [9.17, 15) is 9.59 Å². The Morgan fingerprint density at radius 2 is 2.12 bits per heavy atom. The van der Waals surface area contributed by atoms with Gasteiger partial charge < -0.3 is 9.52 Å². The molecule has 1 aliphatic rings. The lowest BCUT2D eigenvalue weighted by Crippen LogP contribution is -2.27. The molecule has 0 radical (unpaired) electrons. The molecule has 0 fully saturated rings. The van der Waals surface area contributed by atoms with E-state index >= 15 is 0 Å². The van der Waals surface area contributed by atoms with Crippen LogP contribution in [0.2, 0.25) is 0 Å². The highest BCUT2D eigenvalue weighted by Gasteiger charge is 2.34. The van der Waals surface area contributed by atoms with E-state index in [0.717, 1.165) is 10.0 Å². The van der Waals surface area contributed by atoms with Gasteiger partial charge in [-0.3, -0.25) is 9.59 Å². The zero-order valence-corrected chi connectivity index (χ0v) is 14.3. The third kappa shape index (κ3) is 3.56. The number of nitrogens with zero attached hydrogens (tertiary/aromatic N) is 2. The van der Waals surface area contributed by atoms with Gasteiger partial charge in [0, 0.05) is 17.3 Å². The molecule has 1 unspecified atom stereocenters. The van der Waals surface area contributed by atoms with Crippen LogP contribution in [0.4, 0.5) is 0 Å². The molecule has 0 bridgehead atoms. The monoisotopic (exact) mass is 390 g/mol. The average Bonchev–Trinajstić information content (AvgIpc) is 3.21. The zero-order valence-electron chi connectivity index (χ0n) is 12.7. The summed E-state index contributed by atoms with van der Waals surface area (Å²) in [6, 6.07) is 10.9. The van der Waals surface area contributed by atoms with Gasteiger partial charge in [-0.05, 0) is 29.8 Å². The Morgan fingerprint density at radius 3 is 2.79 bits per heavy atom. The number of rotatable bonds is 5. The first-order chi connectivity index (χ1) is 11.5. The third-order valence-corrected chi connectivity index (χ3v) is 4.25. The van der Waals surface area contributed by atoms with Crippen LogP contribution >= 0.6 is 15.9 Å². The SMILES string of the molecule is O=C(O)CCC(=O)N1N=C(c2ccco2)CC1c1cccc(Br)c1. The van der Waals surface area contributed by atoms with E-state index < -0.39 is 5.97 Å². The molecular formula is C17H15BrN2O4. The van der Waals surface area contributed by atoms with E-state index in [1.165, 1.54) is 5.01 Å². The first-order valence-electron chi connectivity index (χ1n) is 7.45. The quantitative estimate of drug-likeness (QED) is 0.845. The Balaban J connectivity index is 1.89. The number of carbonyl (C=O) groups excluding carboxylic acids is 1. The minimum Gasteiger partial charge on any atom is -0.481 e. The predicted molar refractivity (Wildman–Crippen MR) is 90.5 cm³/mol. The summed E-state index contributed by atoms with van der Waals surface area (Å²) in [6.45, 7) is 0. The van der Waals surface area contributed by atoms with E-state index in [1.54, 1.807) is 18.4 Å². The molecule has 1 atom stereocenters. The molecule has 7 heteroatoms. The fraction of sp³-hybridized carbons (Fsp3) is 0.235. The second kappa shape index (κ2) is 7.00.